The number of carboxylic acid groups (broad SMARTS) is 1. The topological polar surface area (TPSA) is 37.3 Å². The molecule has 0 aliphatic rings. The van der Waals surface area contributed by atoms with Crippen molar-refractivity contribution in [2.24, 2.45) is 0 Å². The van der Waals surface area contributed by atoms with Gasteiger partial charge in [0.25, 0.3) is 5.97 Å². The van der Waals surface area contributed by atoms with Gasteiger partial charge in [-0.2, -0.15) is 13.2 Å². The molecule has 0 unspecified atom stereocenters. The molecule has 15 heavy (non-hydrogen) atoms. The zero-order chi connectivity index (χ0) is 12.1. The van der Waals surface area contributed by atoms with Gasteiger partial charge < -0.3 is 5.11 Å². The van der Waals surface area contributed by atoms with E-state index in [0.717, 1.165) is 19.1 Å². The second kappa shape index (κ2) is 5.60. The Morgan fingerprint density at radius 2 is 1.60 bits per heavy atom. The minimum Gasteiger partial charge on any atom is -0.481 e. The highest BCUT2D eigenvalue weighted by atomic mass is 35.5. The van der Waals surface area contributed by atoms with E-state index < -0.39 is 17.7 Å². The molecule has 1 aromatic rings. The smallest absolute Gasteiger partial charge is 0.416 e. The summed E-state index contributed by atoms with van der Waals surface area (Å²) in [5.41, 5.74) is -0.679. The number of alkyl halides is 3. The first-order valence-corrected chi connectivity index (χ1v) is 4.13. The Kier molecular flexibility index (Phi) is 5.14. The van der Waals surface area contributed by atoms with Crippen LogP contribution in [0.15, 0.2) is 24.3 Å². The number of halogens is 4. The highest BCUT2D eigenvalue weighted by Crippen LogP contribution is 2.29. The largest absolute Gasteiger partial charge is 0.481 e. The summed E-state index contributed by atoms with van der Waals surface area (Å²) in [5, 5.41) is 7.72. The fraction of sp³-hybridized carbons (Fsp3) is 0.222. The molecule has 0 spiro atoms. The number of carbonyl (C=O) groups is 1. The molecule has 6 heteroatoms. The van der Waals surface area contributed by atoms with Crippen molar-refractivity contribution in [3.63, 3.8) is 0 Å². The first-order chi connectivity index (χ1) is 6.73. The van der Waals surface area contributed by atoms with E-state index >= 15 is 0 Å². The highest BCUT2D eigenvalue weighted by Gasteiger charge is 2.29. The Morgan fingerprint density at radius 3 is 1.87 bits per heavy atom. The lowest BCUT2D eigenvalue weighted by atomic mass is 10.2. The first-order valence-electron chi connectivity index (χ1n) is 3.76. The maximum atomic E-state index is 11.9. The fourth-order valence-electron chi connectivity index (χ4n) is 0.639. The summed E-state index contributed by atoms with van der Waals surface area (Å²) in [6.45, 7) is 1.08. The fourth-order valence-corrected chi connectivity index (χ4v) is 0.765. The third-order valence-electron chi connectivity index (χ3n) is 1.17. The van der Waals surface area contributed by atoms with Gasteiger partial charge in [-0.25, -0.2) is 0 Å². The molecule has 84 valence electrons. The van der Waals surface area contributed by atoms with Gasteiger partial charge in [-0.1, -0.05) is 11.6 Å². The standard InChI is InChI=1S/C7H4ClF3.C2H4O2/c8-6-3-1-5(2-4-6)7(9,10)11;1-2(3)4/h1-4H;1H3,(H,3,4). The van der Waals surface area contributed by atoms with Crippen molar-refractivity contribution in [1.29, 1.82) is 0 Å². The van der Waals surface area contributed by atoms with Crippen LogP contribution in [-0.4, -0.2) is 11.1 Å². The second-order valence-electron chi connectivity index (χ2n) is 2.52. The Balaban J connectivity index is 0.000000423. The SMILES string of the molecule is CC(=O)O.FC(F)(F)c1ccc(Cl)cc1. The first kappa shape index (κ1) is 13.8. The van der Waals surface area contributed by atoms with Crippen molar-refractivity contribution in [2.75, 3.05) is 0 Å². The molecule has 0 saturated carbocycles. The average molecular weight is 241 g/mol. The molecule has 0 amide bonds. The lowest BCUT2D eigenvalue weighted by Gasteiger charge is -2.04. The summed E-state index contributed by atoms with van der Waals surface area (Å²) in [7, 11) is 0. The lowest BCUT2D eigenvalue weighted by molar-refractivity contribution is -0.137. The summed E-state index contributed by atoms with van der Waals surface area (Å²) < 4.78 is 35.6. The highest BCUT2D eigenvalue weighted by molar-refractivity contribution is 6.30. The van der Waals surface area contributed by atoms with Crippen molar-refractivity contribution in [1.82, 2.24) is 0 Å². The van der Waals surface area contributed by atoms with Crippen LogP contribution >= 0.6 is 11.6 Å². The van der Waals surface area contributed by atoms with Crippen LogP contribution in [0.4, 0.5) is 13.2 Å². The van der Waals surface area contributed by atoms with E-state index in [1.165, 1.54) is 12.1 Å². The number of rotatable bonds is 0. The number of hydrogen-bond acceptors (Lipinski definition) is 1. The average Bonchev–Trinajstić information content (AvgIpc) is 2.01. The third-order valence-corrected chi connectivity index (χ3v) is 1.42. The molecule has 1 aromatic carbocycles. The molecule has 2 nitrogen and oxygen atoms in total. The second-order valence-corrected chi connectivity index (χ2v) is 2.96. The molecule has 0 fully saturated rings. The molecule has 0 aromatic heterocycles. The van der Waals surface area contributed by atoms with E-state index in [1.54, 1.807) is 0 Å². The van der Waals surface area contributed by atoms with E-state index in [9.17, 15) is 13.2 Å². The molecule has 0 aliphatic heterocycles. The van der Waals surface area contributed by atoms with Crippen molar-refractivity contribution < 1.29 is 23.1 Å². The van der Waals surface area contributed by atoms with Crippen LogP contribution in [0.25, 0.3) is 0 Å². The van der Waals surface area contributed by atoms with Gasteiger partial charge in [0.1, 0.15) is 0 Å². The summed E-state index contributed by atoms with van der Waals surface area (Å²) in [4.78, 5) is 9.00. The Labute approximate surface area is 89.3 Å². The van der Waals surface area contributed by atoms with Crippen LogP contribution in [0.5, 0.6) is 0 Å². The van der Waals surface area contributed by atoms with Gasteiger partial charge in [-0.05, 0) is 24.3 Å². The van der Waals surface area contributed by atoms with Crippen molar-refractivity contribution in [3.05, 3.63) is 34.9 Å². The number of carboxylic acids is 1. The molecule has 0 heterocycles. The van der Waals surface area contributed by atoms with Gasteiger partial charge in [0.15, 0.2) is 0 Å². The van der Waals surface area contributed by atoms with Crippen molar-refractivity contribution >= 4 is 17.6 Å². The third kappa shape index (κ3) is 6.79. The van der Waals surface area contributed by atoms with E-state index in [-0.39, 0.29) is 0 Å². The number of hydrogen-bond donors (Lipinski definition) is 1. The van der Waals surface area contributed by atoms with E-state index in [2.05, 4.69) is 0 Å². The summed E-state index contributed by atoms with van der Waals surface area (Å²) >= 11 is 5.39. The maximum absolute atomic E-state index is 11.9. The number of aliphatic carboxylic acids is 1. The van der Waals surface area contributed by atoms with Gasteiger partial charge in [-0.3, -0.25) is 4.79 Å². The predicted octanol–water partition coefficient (Wildman–Crippen LogP) is 3.45. The summed E-state index contributed by atoms with van der Waals surface area (Å²) in [5.74, 6) is -0.833. The van der Waals surface area contributed by atoms with Gasteiger partial charge >= 0.3 is 6.18 Å². The minimum atomic E-state index is -4.27. The molecule has 0 atom stereocenters. The Bertz CT molecular complexity index is 315. The van der Waals surface area contributed by atoms with Crippen LogP contribution in [-0.2, 0) is 11.0 Å². The van der Waals surface area contributed by atoms with Gasteiger partial charge in [0.2, 0.25) is 0 Å². The lowest BCUT2D eigenvalue weighted by Crippen LogP contribution is -2.03. The van der Waals surface area contributed by atoms with Crippen LogP contribution in [0.2, 0.25) is 5.02 Å². The zero-order valence-corrected chi connectivity index (χ0v) is 8.43. The summed E-state index contributed by atoms with van der Waals surface area (Å²) in [6.07, 6.45) is -4.27. The van der Waals surface area contributed by atoms with Crippen molar-refractivity contribution in [2.45, 2.75) is 13.1 Å². The quantitative estimate of drug-likeness (QED) is 0.754. The molecule has 0 aliphatic carbocycles. The van der Waals surface area contributed by atoms with Crippen LogP contribution < -0.4 is 0 Å². The molecular formula is C9H8ClF3O2. The Hall–Kier alpha value is -1.23. The van der Waals surface area contributed by atoms with E-state index in [4.69, 9.17) is 21.5 Å². The van der Waals surface area contributed by atoms with Crippen LogP contribution in [0.1, 0.15) is 12.5 Å². The normalized spacial score (nSPS) is 10.2. The zero-order valence-electron chi connectivity index (χ0n) is 7.68. The monoisotopic (exact) mass is 240 g/mol. The van der Waals surface area contributed by atoms with Crippen LogP contribution in [0.3, 0.4) is 0 Å². The van der Waals surface area contributed by atoms with Gasteiger partial charge in [0, 0.05) is 11.9 Å². The molecule has 0 saturated heterocycles. The molecule has 1 N–H and O–H groups in total. The van der Waals surface area contributed by atoms with Gasteiger partial charge in [0.05, 0.1) is 5.56 Å². The maximum Gasteiger partial charge on any atom is 0.416 e. The minimum absolute atomic E-state index is 0.304. The molecule has 0 radical (unpaired) electrons. The van der Waals surface area contributed by atoms with E-state index in [1.807, 2.05) is 0 Å². The van der Waals surface area contributed by atoms with Gasteiger partial charge in [-0.15, -0.1) is 0 Å². The summed E-state index contributed by atoms with van der Waals surface area (Å²) in [6, 6.07) is 4.32. The predicted molar refractivity (Wildman–Crippen MR) is 49.8 cm³/mol. The molecule has 0 bridgehead atoms. The van der Waals surface area contributed by atoms with Crippen molar-refractivity contribution in [3.8, 4) is 0 Å². The molecular weight excluding hydrogens is 233 g/mol. The Morgan fingerprint density at radius 1 is 1.27 bits per heavy atom. The van der Waals surface area contributed by atoms with Crippen LogP contribution in [0, 0.1) is 0 Å². The number of benzene rings is 1. The van der Waals surface area contributed by atoms with E-state index in [0.29, 0.717) is 5.02 Å². The molecule has 1 rings (SSSR count).